The van der Waals surface area contributed by atoms with Gasteiger partial charge in [0, 0.05) is 28.7 Å². The number of halogens is 1. The van der Waals surface area contributed by atoms with E-state index in [1.807, 2.05) is 4.90 Å². The first kappa shape index (κ1) is 14.6. The SMILES string of the molecule is CC1CN(C(=O)c2cc(I)ccc2O)CC(C)N1C. The molecule has 2 unspecified atom stereocenters. The number of phenolic OH excluding ortho intramolecular Hbond substituents is 1. The highest BCUT2D eigenvalue weighted by molar-refractivity contribution is 14.1. The molecule has 1 fully saturated rings. The van der Waals surface area contributed by atoms with Crippen molar-refractivity contribution in [3.8, 4) is 5.75 Å². The second-order valence-corrected chi connectivity index (χ2v) is 6.48. The van der Waals surface area contributed by atoms with Crippen molar-refractivity contribution in [2.75, 3.05) is 20.1 Å². The molecule has 0 spiro atoms. The third-order valence-electron chi connectivity index (χ3n) is 3.84. The molecule has 0 saturated carbocycles. The molecule has 1 saturated heterocycles. The summed E-state index contributed by atoms with van der Waals surface area (Å²) in [5.41, 5.74) is 0.399. The number of carbonyl (C=O) groups is 1. The largest absolute Gasteiger partial charge is 0.507 e. The molecule has 104 valence electrons. The van der Waals surface area contributed by atoms with Crippen LogP contribution in [0.2, 0.25) is 0 Å². The molecule has 0 aliphatic carbocycles. The van der Waals surface area contributed by atoms with E-state index in [9.17, 15) is 9.90 Å². The molecule has 1 aromatic rings. The molecule has 0 aromatic heterocycles. The van der Waals surface area contributed by atoms with E-state index in [0.717, 1.165) is 3.57 Å². The van der Waals surface area contributed by atoms with Gasteiger partial charge in [-0.25, -0.2) is 0 Å². The fourth-order valence-corrected chi connectivity index (χ4v) is 2.91. The molecule has 1 aliphatic heterocycles. The molecule has 0 bridgehead atoms. The number of amides is 1. The van der Waals surface area contributed by atoms with Crippen molar-refractivity contribution in [1.82, 2.24) is 9.80 Å². The van der Waals surface area contributed by atoms with Gasteiger partial charge in [0.05, 0.1) is 5.56 Å². The number of phenols is 1. The zero-order valence-corrected chi connectivity index (χ0v) is 13.6. The fourth-order valence-electron chi connectivity index (χ4n) is 2.42. The molecule has 1 heterocycles. The molecule has 4 nitrogen and oxygen atoms in total. The summed E-state index contributed by atoms with van der Waals surface area (Å²) in [6.07, 6.45) is 0. The molecule has 2 atom stereocenters. The predicted octanol–water partition coefficient (Wildman–Crippen LogP) is 2.16. The Bertz CT molecular complexity index is 480. The van der Waals surface area contributed by atoms with Gasteiger partial charge in [0.25, 0.3) is 5.91 Å². The second-order valence-electron chi connectivity index (χ2n) is 5.24. The van der Waals surface area contributed by atoms with Gasteiger partial charge < -0.3 is 10.0 Å². The van der Waals surface area contributed by atoms with E-state index < -0.39 is 0 Å². The van der Waals surface area contributed by atoms with Crippen molar-refractivity contribution in [3.05, 3.63) is 27.3 Å². The van der Waals surface area contributed by atoms with Crippen LogP contribution < -0.4 is 0 Å². The van der Waals surface area contributed by atoms with Crippen molar-refractivity contribution >= 4 is 28.5 Å². The lowest BCUT2D eigenvalue weighted by atomic mass is 10.1. The molecule has 19 heavy (non-hydrogen) atoms. The Morgan fingerprint density at radius 1 is 1.32 bits per heavy atom. The van der Waals surface area contributed by atoms with E-state index in [1.54, 1.807) is 18.2 Å². The summed E-state index contributed by atoms with van der Waals surface area (Å²) >= 11 is 2.15. The molecule has 1 N–H and O–H groups in total. The van der Waals surface area contributed by atoms with Crippen LogP contribution in [0, 0.1) is 3.57 Å². The van der Waals surface area contributed by atoms with Crippen molar-refractivity contribution in [2.45, 2.75) is 25.9 Å². The van der Waals surface area contributed by atoms with Gasteiger partial charge >= 0.3 is 0 Å². The second kappa shape index (κ2) is 5.66. The number of piperazine rings is 1. The normalized spacial score (nSPS) is 24.5. The van der Waals surface area contributed by atoms with E-state index in [-0.39, 0.29) is 11.7 Å². The lowest BCUT2D eigenvalue weighted by molar-refractivity contribution is 0.0412. The lowest BCUT2D eigenvalue weighted by Gasteiger charge is -2.42. The Morgan fingerprint density at radius 3 is 2.47 bits per heavy atom. The summed E-state index contributed by atoms with van der Waals surface area (Å²) < 4.78 is 0.953. The lowest BCUT2D eigenvalue weighted by Crippen LogP contribution is -2.56. The van der Waals surface area contributed by atoms with Crippen LogP contribution in [0.3, 0.4) is 0 Å². The van der Waals surface area contributed by atoms with Gasteiger partial charge in [0.2, 0.25) is 0 Å². The average Bonchev–Trinajstić information content (AvgIpc) is 2.37. The first-order valence-corrected chi connectivity index (χ1v) is 7.47. The van der Waals surface area contributed by atoms with Crippen molar-refractivity contribution in [3.63, 3.8) is 0 Å². The number of benzene rings is 1. The van der Waals surface area contributed by atoms with Gasteiger partial charge in [-0.15, -0.1) is 0 Å². The summed E-state index contributed by atoms with van der Waals surface area (Å²) in [5, 5.41) is 9.86. The van der Waals surface area contributed by atoms with E-state index >= 15 is 0 Å². The van der Waals surface area contributed by atoms with Crippen LogP contribution in [-0.2, 0) is 0 Å². The van der Waals surface area contributed by atoms with Crippen LogP contribution in [0.25, 0.3) is 0 Å². The van der Waals surface area contributed by atoms with E-state index in [1.165, 1.54) is 0 Å². The molecule has 5 heteroatoms. The molecule has 0 radical (unpaired) electrons. The number of likely N-dealkylation sites (N-methyl/N-ethyl adjacent to an activating group) is 1. The molecule has 1 amide bonds. The van der Waals surface area contributed by atoms with Gasteiger partial charge in [-0.1, -0.05) is 0 Å². The van der Waals surface area contributed by atoms with E-state index in [4.69, 9.17) is 0 Å². The highest BCUT2D eigenvalue weighted by atomic mass is 127. The van der Waals surface area contributed by atoms with E-state index in [2.05, 4.69) is 48.4 Å². The van der Waals surface area contributed by atoms with Gasteiger partial charge in [-0.05, 0) is 61.7 Å². The van der Waals surface area contributed by atoms with E-state index in [0.29, 0.717) is 30.7 Å². The maximum atomic E-state index is 12.5. The molecule has 2 rings (SSSR count). The Labute approximate surface area is 127 Å². The third-order valence-corrected chi connectivity index (χ3v) is 4.51. The molecule has 1 aliphatic rings. The molecular formula is C14H19IN2O2. The van der Waals surface area contributed by atoms with Crippen LogP contribution in [0.1, 0.15) is 24.2 Å². The smallest absolute Gasteiger partial charge is 0.257 e. The van der Waals surface area contributed by atoms with Crippen LogP contribution in [0.4, 0.5) is 0 Å². The molecule has 1 aromatic carbocycles. The minimum atomic E-state index is -0.0807. The topological polar surface area (TPSA) is 43.8 Å². The number of nitrogens with zero attached hydrogens (tertiary/aromatic N) is 2. The minimum absolute atomic E-state index is 0.0599. The van der Waals surface area contributed by atoms with Gasteiger partial charge in [0.15, 0.2) is 0 Å². The summed E-state index contributed by atoms with van der Waals surface area (Å²) in [6, 6.07) is 5.78. The average molecular weight is 374 g/mol. The Kier molecular flexibility index (Phi) is 4.35. The van der Waals surface area contributed by atoms with Gasteiger partial charge in [0.1, 0.15) is 5.75 Å². The maximum Gasteiger partial charge on any atom is 0.257 e. The van der Waals surface area contributed by atoms with Crippen LogP contribution in [0.5, 0.6) is 5.75 Å². The zero-order chi connectivity index (χ0) is 14.2. The third kappa shape index (κ3) is 3.02. The Morgan fingerprint density at radius 2 is 1.89 bits per heavy atom. The van der Waals surface area contributed by atoms with Gasteiger partial charge in [-0.2, -0.15) is 0 Å². The van der Waals surface area contributed by atoms with Crippen molar-refractivity contribution in [2.24, 2.45) is 0 Å². The Balaban J connectivity index is 2.22. The fraction of sp³-hybridized carbons (Fsp3) is 0.500. The first-order chi connectivity index (χ1) is 8.90. The number of hydrogen-bond acceptors (Lipinski definition) is 3. The summed E-state index contributed by atoms with van der Waals surface area (Å²) in [5.74, 6) is -0.0209. The zero-order valence-electron chi connectivity index (χ0n) is 11.4. The summed E-state index contributed by atoms with van der Waals surface area (Å²) in [7, 11) is 2.08. The van der Waals surface area contributed by atoms with Crippen LogP contribution in [0.15, 0.2) is 18.2 Å². The predicted molar refractivity (Wildman–Crippen MR) is 83.4 cm³/mol. The highest BCUT2D eigenvalue weighted by Gasteiger charge is 2.30. The van der Waals surface area contributed by atoms with Crippen molar-refractivity contribution in [1.29, 1.82) is 0 Å². The minimum Gasteiger partial charge on any atom is -0.507 e. The number of aromatic hydroxyl groups is 1. The Hall–Kier alpha value is -0.820. The molecular weight excluding hydrogens is 355 g/mol. The van der Waals surface area contributed by atoms with Crippen LogP contribution in [-0.4, -0.2) is 53.0 Å². The standard InChI is InChI=1S/C14H19IN2O2/c1-9-7-17(8-10(2)16(9)3)14(19)12-6-11(15)4-5-13(12)18/h4-6,9-10,18H,7-8H2,1-3H3. The number of hydrogen-bond donors (Lipinski definition) is 1. The first-order valence-electron chi connectivity index (χ1n) is 6.40. The number of carbonyl (C=O) groups excluding carboxylic acids is 1. The number of rotatable bonds is 1. The quantitative estimate of drug-likeness (QED) is 0.767. The highest BCUT2D eigenvalue weighted by Crippen LogP contribution is 2.23. The van der Waals surface area contributed by atoms with Crippen molar-refractivity contribution < 1.29 is 9.90 Å². The van der Waals surface area contributed by atoms with Crippen LogP contribution >= 0.6 is 22.6 Å². The summed E-state index contributed by atoms with van der Waals surface area (Å²) in [4.78, 5) is 16.6. The maximum absolute atomic E-state index is 12.5. The monoisotopic (exact) mass is 374 g/mol. The van der Waals surface area contributed by atoms with Gasteiger partial charge in [-0.3, -0.25) is 9.69 Å². The summed E-state index contributed by atoms with van der Waals surface area (Å²) in [6.45, 7) is 5.63.